The molecule has 2 fully saturated rings. The van der Waals surface area contributed by atoms with Crippen molar-refractivity contribution >= 4 is 22.7 Å². The van der Waals surface area contributed by atoms with E-state index in [0.717, 1.165) is 51.9 Å². The number of hydrogen-bond acceptors (Lipinski definition) is 5. The number of benzene rings is 3. The molecule has 0 spiro atoms. The third kappa shape index (κ3) is 5.32. The molecule has 0 radical (unpaired) electrons. The Labute approximate surface area is 270 Å². The van der Waals surface area contributed by atoms with Crippen LogP contribution in [0, 0.1) is 5.41 Å². The number of methoxy groups -OCH3 is 2. The molecule has 4 aromatic rings. The van der Waals surface area contributed by atoms with Gasteiger partial charge in [0.2, 0.25) is 11.8 Å². The average molecular weight is 621 g/mol. The fraction of sp³-hybridized carbons (Fsp3) is 0.421. The molecule has 46 heavy (non-hydrogen) atoms. The van der Waals surface area contributed by atoms with Crippen LogP contribution >= 0.6 is 0 Å². The van der Waals surface area contributed by atoms with Gasteiger partial charge in [-0.15, -0.1) is 0 Å². The minimum atomic E-state index is -0.743. The van der Waals surface area contributed by atoms with E-state index in [1.807, 2.05) is 35.2 Å². The summed E-state index contributed by atoms with van der Waals surface area (Å²) in [7, 11) is 3.36. The normalized spacial score (nSPS) is 21.7. The van der Waals surface area contributed by atoms with E-state index in [-0.39, 0.29) is 11.9 Å². The lowest BCUT2D eigenvalue weighted by Crippen LogP contribution is -2.53. The first-order valence-electron chi connectivity index (χ1n) is 16.6. The second-order valence-corrected chi connectivity index (χ2v) is 13.6. The molecule has 0 bridgehead atoms. The Hall–Kier alpha value is -4.30. The van der Waals surface area contributed by atoms with E-state index in [9.17, 15) is 9.59 Å². The number of rotatable bonds is 6. The first-order chi connectivity index (χ1) is 22.3. The van der Waals surface area contributed by atoms with E-state index in [1.54, 1.807) is 14.2 Å². The Morgan fingerprint density at radius 1 is 0.935 bits per heavy atom. The summed E-state index contributed by atoms with van der Waals surface area (Å²) >= 11 is 0. The highest BCUT2D eigenvalue weighted by molar-refractivity contribution is 6.00. The van der Waals surface area contributed by atoms with Crippen LogP contribution in [0.2, 0.25) is 0 Å². The van der Waals surface area contributed by atoms with Gasteiger partial charge in [-0.1, -0.05) is 37.5 Å². The van der Waals surface area contributed by atoms with E-state index in [4.69, 9.17) is 15.2 Å². The predicted octanol–water partition coefficient (Wildman–Crippen LogP) is 6.21. The summed E-state index contributed by atoms with van der Waals surface area (Å²) in [6, 6.07) is 20.3. The van der Waals surface area contributed by atoms with Gasteiger partial charge in [-0.2, -0.15) is 0 Å². The van der Waals surface area contributed by atoms with Gasteiger partial charge in [-0.05, 0) is 91.3 Å². The molecule has 1 saturated carbocycles. The third-order valence-electron chi connectivity index (χ3n) is 10.6. The van der Waals surface area contributed by atoms with Crippen LogP contribution < -0.4 is 20.5 Å². The van der Waals surface area contributed by atoms with Gasteiger partial charge >= 0.3 is 0 Å². The fourth-order valence-corrected chi connectivity index (χ4v) is 8.21. The van der Waals surface area contributed by atoms with Crippen molar-refractivity contribution in [2.24, 2.45) is 11.1 Å². The summed E-state index contributed by atoms with van der Waals surface area (Å²) in [5.74, 6) is 1.71. The zero-order valence-electron chi connectivity index (χ0n) is 27.1. The molecule has 2 amide bonds. The van der Waals surface area contributed by atoms with Crippen LogP contribution in [-0.2, 0) is 17.8 Å². The molecule has 1 saturated heterocycles. The lowest BCUT2D eigenvalue weighted by Gasteiger charge is -2.40. The van der Waals surface area contributed by atoms with E-state index < -0.39 is 11.3 Å². The number of nitrogens with two attached hydrogens (primary N) is 1. The van der Waals surface area contributed by atoms with E-state index in [1.165, 1.54) is 30.5 Å². The standard InChI is InChI=1S/C38H44N4O4/c1-38(37(44)41-18-17-40-32(22-41)24-9-12-28(45-2)13-10-24)21-27-19-29(46-3)14-16-30(27)35-34(25-7-5-4-6-8-25)31-15-11-26(36(39)43)20-33(31)42(35)23-38/h9-16,19-20,25,32,40H,4-8,17-18,21-23H2,1-3H3,(H2,39,43). The van der Waals surface area contributed by atoms with Gasteiger partial charge in [0.25, 0.3) is 0 Å². The van der Waals surface area contributed by atoms with Crippen LogP contribution in [0.15, 0.2) is 60.7 Å². The molecule has 8 heteroatoms. The number of aromatic nitrogens is 1. The van der Waals surface area contributed by atoms with Crippen molar-refractivity contribution in [3.8, 4) is 22.8 Å². The van der Waals surface area contributed by atoms with Gasteiger partial charge in [0, 0.05) is 54.3 Å². The molecule has 1 aliphatic carbocycles. The predicted molar refractivity (Wildman–Crippen MR) is 180 cm³/mol. The average Bonchev–Trinajstić information content (AvgIpc) is 3.33. The van der Waals surface area contributed by atoms with Crippen molar-refractivity contribution in [2.75, 3.05) is 33.9 Å². The van der Waals surface area contributed by atoms with Gasteiger partial charge in [0.05, 0.1) is 25.3 Å². The molecule has 3 aromatic carbocycles. The molecule has 2 unspecified atom stereocenters. The Balaban J connectivity index is 1.35. The summed E-state index contributed by atoms with van der Waals surface area (Å²) in [4.78, 5) is 29.3. The second-order valence-electron chi connectivity index (χ2n) is 13.6. The van der Waals surface area contributed by atoms with Gasteiger partial charge in [-0.25, -0.2) is 0 Å². The third-order valence-corrected chi connectivity index (χ3v) is 10.6. The highest BCUT2D eigenvalue weighted by Crippen LogP contribution is 2.49. The largest absolute Gasteiger partial charge is 0.497 e. The lowest BCUT2D eigenvalue weighted by molar-refractivity contribution is -0.143. The molecule has 8 nitrogen and oxygen atoms in total. The maximum Gasteiger partial charge on any atom is 0.248 e. The van der Waals surface area contributed by atoms with Gasteiger partial charge in [0.1, 0.15) is 11.5 Å². The van der Waals surface area contributed by atoms with Gasteiger partial charge < -0.3 is 30.0 Å². The van der Waals surface area contributed by atoms with Crippen LogP contribution in [0.5, 0.6) is 11.5 Å². The molecule has 3 heterocycles. The van der Waals surface area contributed by atoms with Crippen LogP contribution in [0.3, 0.4) is 0 Å². The van der Waals surface area contributed by atoms with E-state index >= 15 is 0 Å². The molecular formula is C38H44N4O4. The van der Waals surface area contributed by atoms with Crippen molar-refractivity contribution in [3.63, 3.8) is 0 Å². The summed E-state index contributed by atoms with van der Waals surface area (Å²) in [6.07, 6.45) is 6.54. The topological polar surface area (TPSA) is 98.8 Å². The van der Waals surface area contributed by atoms with Crippen molar-refractivity contribution in [1.82, 2.24) is 14.8 Å². The summed E-state index contributed by atoms with van der Waals surface area (Å²) in [5, 5.41) is 4.77. The Morgan fingerprint density at radius 3 is 2.39 bits per heavy atom. The number of carbonyl (C=O) groups excluding carboxylic acids is 2. The number of piperazine rings is 1. The summed E-state index contributed by atoms with van der Waals surface area (Å²) < 4.78 is 13.4. The first kappa shape index (κ1) is 30.4. The van der Waals surface area contributed by atoms with Crippen molar-refractivity contribution < 1.29 is 19.1 Å². The van der Waals surface area contributed by atoms with Crippen molar-refractivity contribution in [1.29, 1.82) is 0 Å². The number of carbonyl (C=O) groups is 2. The first-order valence-corrected chi connectivity index (χ1v) is 16.6. The molecule has 1 aromatic heterocycles. The van der Waals surface area contributed by atoms with E-state index in [2.05, 4.69) is 47.1 Å². The summed E-state index contributed by atoms with van der Waals surface area (Å²) in [6.45, 7) is 4.56. The van der Waals surface area contributed by atoms with Crippen molar-refractivity contribution in [2.45, 2.75) is 64.0 Å². The zero-order valence-corrected chi connectivity index (χ0v) is 27.1. The molecule has 3 aliphatic rings. The number of nitrogens with one attached hydrogen (secondary N) is 1. The quantitative estimate of drug-likeness (QED) is 0.267. The highest BCUT2D eigenvalue weighted by Gasteiger charge is 2.43. The number of hydrogen-bond donors (Lipinski definition) is 2. The van der Waals surface area contributed by atoms with Crippen LogP contribution in [0.1, 0.15) is 78.0 Å². The number of nitrogens with zero attached hydrogens (tertiary/aromatic N) is 2. The SMILES string of the molecule is COc1ccc(C2CN(C(=O)C3(C)Cc4cc(OC)ccc4-c4c(C5CCCCC5)c5ccc(C(N)=O)cc5n4C3)CCN2)cc1. The molecular weight excluding hydrogens is 576 g/mol. The van der Waals surface area contributed by atoms with Gasteiger partial charge in [0.15, 0.2) is 0 Å². The minimum absolute atomic E-state index is 0.0318. The fourth-order valence-electron chi connectivity index (χ4n) is 8.21. The number of primary amides is 1. The number of ether oxygens (including phenoxy) is 2. The second kappa shape index (κ2) is 12.1. The Bertz CT molecular complexity index is 1790. The minimum Gasteiger partial charge on any atom is -0.497 e. The summed E-state index contributed by atoms with van der Waals surface area (Å²) in [5.41, 5.74) is 12.4. The van der Waals surface area contributed by atoms with Crippen LogP contribution in [0.25, 0.3) is 22.2 Å². The lowest BCUT2D eigenvalue weighted by atomic mass is 9.79. The smallest absolute Gasteiger partial charge is 0.248 e. The number of amides is 2. The highest BCUT2D eigenvalue weighted by atomic mass is 16.5. The Morgan fingerprint density at radius 2 is 1.67 bits per heavy atom. The van der Waals surface area contributed by atoms with Crippen molar-refractivity contribution in [3.05, 3.63) is 82.9 Å². The van der Waals surface area contributed by atoms with E-state index in [0.29, 0.717) is 44.1 Å². The molecule has 2 aliphatic heterocycles. The molecule has 3 N–H and O–H groups in total. The molecule has 2 atom stereocenters. The Kier molecular flexibility index (Phi) is 8.01. The maximum atomic E-state index is 14.9. The molecule has 7 rings (SSSR count). The zero-order chi connectivity index (χ0) is 32.0. The number of fused-ring (bicyclic) bond motifs is 5. The van der Waals surface area contributed by atoms with Crippen LogP contribution in [-0.4, -0.2) is 55.1 Å². The van der Waals surface area contributed by atoms with Crippen LogP contribution in [0.4, 0.5) is 0 Å². The monoisotopic (exact) mass is 620 g/mol. The maximum absolute atomic E-state index is 14.9. The van der Waals surface area contributed by atoms with Gasteiger partial charge in [-0.3, -0.25) is 9.59 Å². The molecule has 240 valence electrons.